The lowest BCUT2D eigenvalue weighted by molar-refractivity contribution is -0.116. The number of nitriles is 1. The van der Waals surface area contributed by atoms with Crippen LogP contribution in [0.5, 0.6) is 0 Å². The fourth-order valence-corrected chi connectivity index (χ4v) is 4.78. The Morgan fingerprint density at radius 1 is 1.03 bits per heavy atom. The number of benzene rings is 3. The summed E-state index contributed by atoms with van der Waals surface area (Å²) in [4.78, 5) is 33.0. The zero-order valence-corrected chi connectivity index (χ0v) is 19.9. The number of nitrogens with zero attached hydrogens (tertiary/aromatic N) is 4. The monoisotopic (exact) mass is 468 g/mol. The van der Waals surface area contributed by atoms with Gasteiger partial charge in [-0.3, -0.25) is 14.2 Å². The molecule has 4 rings (SSSR count). The Balaban J connectivity index is 1.73. The summed E-state index contributed by atoms with van der Waals surface area (Å²) in [5.41, 5.74) is 3.95. The van der Waals surface area contributed by atoms with E-state index in [0.717, 1.165) is 22.5 Å². The molecule has 0 spiro atoms. The number of anilines is 1. The summed E-state index contributed by atoms with van der Waals surface area (Å²) in [6.07, 6.45) is 0.229. The van der Waals surface area contributed by atoms with Crippen molar-refractivity contribution in [2.45, 2.75) is 25.4 Å². The first-order valence-electron chi connectivity index (χ1n) is 10.9. The molecule has 7 heteroatoms. The van der Waals surface area contributed by atoms with Crippen molar-refractivity contribution in [2.75, 3.05) is 17.2 Å². The molecule has 0 fully saturated rings. The van der Waals surface area contributed by atoms with Crippen LogP contribution in [0.3, 0.4) is 0 Å². The number of aryl methyl sites for hydroxylation is 2. The molecule has 0 saturated carbocycles. The third kappa shape index (κ3) is 5.03. The molecule has 3 aromatic carbocycles. The summed E-state index contributed by atoms with van der Waals surface area (Å²) in [5, 5.41) is 10.0. The van der Waals surface area contributed by atoms with Crippen molar-refractivity contribution < 1.29 is 4.79 Å². The Morgan fingerprint density at radius 2 is 1.71 bits per heavy atom. The van der Waals surface area contributed by atoms with Gasteiger partial charge in [0.05, 0.1) is 34.8 Å². The van der Waals surface area contributed by atoms with Gasteiger partial charge in [0.2, 0.25) is 5.91 Å². The average molecular weight is 469 g/mol. The van der Waals surface area contributed by atoms with E-state index in [1.54, 1.807) is 21.6 Å². The normalized spacial score (nSPS) is 10.7. The molecular weight excluding hydrogens is 444 g/mol. The first-order chi connectivity index (χ1) is 16.5. The van der Waals surface area contributed by atoms with Crippen LogP contribution in [0.25, 0.3) is 16.6 Å². The van der Waals surface area contributed by atoms with Crippen molar-refractivity contribution in [2.24, 2.45) is 0 Å². The number of carbonyl (C=O) groups is 1. The van der Waals surface area contributed by atoms with Crippen LogP contribution in [0.2, 0.25) is 0 Å². The number of hydrogen-bond donors (Lipinski definition) is 0. The molecule has 1 heterocycles. The molecule has 4 aromatic rings. The maximum Gasteiger partial charge on any atom is 0.266 e. The second kappa shape index (κ2) is 10.4. The average Bonchev–Trinajstić information content (AvgIpc) is 2.83. The Labute approximate surface area is 202 Å². The molecule has 1 aromatic heterocycles. The predicted molar refractivity (Wildman–Crippen MR) is 137 cm³/mol. The van der Waals surface area contributed by atoms with Gasteiger partial charge in [-0.25, -0.2) is 4.98 Å². The fraction of sp³-hybridized carbons (Fsp3) is 0.185. The molecule has 0 unspecified atom stereocenters. The lowest BCUT2D eigenvalue weighted by Gasteiger charge is -2.22. The van der Waals surface area contributed by atoms with Crippen LogP contribution >= 0.6 is 11.8 Å². The molecular formula is C27H24N4O2S. The second-order valence-electron chi connectivity index (χ2n) is 7.98. The van der Waals surface area contributed by atoms with Gasteiger partial charge in [-0.1, -0.05) is 48.2 Å². The molecule has 0 aliphatic carbocycles. The minimum Gasteiger partial charge on any atom is -0.311 e. The lowest BCUT2D eigenvalue weighted by Crippen LogP contribution is -2.33. The number of aromatic nitrogens is 2. The van der Waals surface area contributed by atoms with E-state index in [1.165, 1.54) is 11.8 Å². The van der Waals surface area contributed by atoms with Crippen molar-refractivity contribution in [3.63, 3.8) is 0 Å². The number of amides is 1. The van der Waals surface area contributed by atoms with Crippen LogP contribution in [-0.4, -0.2) is 27.8 Å². The summed E-state index contributed by atoms with van der Waals surface area (Å²) >= 11 is 1.22. The number of rotatable bonds is 7. The van der Waals surface area contributed by atoms with Gasteiger partial charge in [-0.2, -0.15) is 5.26 Å². The predicted octanol–water partition coefficient (Wildman–Crippen LogP) is 5.04. The lowest BCUT2D eigenvalue weighted by atomic mass is 10.1. The van der Waals surface area contributed by atoms with E-state index in [-0.39, 0.29) is 23.6 Å². The molecule has 6 nitrogen and oxygen atoms in total. The summed E-state index contributed by atoms with van der Waals surface area (Å²) in [7, 11) is 0. The molecule has 0 aliphatic heterocycles. The highest BCUT2D eigenvalue weighted by Gasteiger charge is 2.19. The third-order valence-corrected chi connectivity index (χ3v) is 6.27. The van der Waals surface area contributed by atoms with E-state index in [0.29, 0.717) is 22.6 Å². The minimum atomic E-state index is -0.171. The standard InChI is InChI=1S/C27H24N4O2S/c1-19-15-20(2)17-22(16-19)31-26(33)23-11-6-7-12-24(23)29-27(31)34-18-25(32)30(14-8-13-28)21-9-4-3-5-10-21/h3-7,9-12,15-17H,8,14,18H2,1-2H3. The molecule has 0 radical (unpaired) electrons. The minimum absolute atomic E-state index is 0.0793. The summed E-state index contributed by atoms with van der Waals surface area (Å²) < 4.78 is 1.59. The van der Waals surface area contributed by atoms with E-state index >= 15 is 0 Å². The van der Waals surface area contributed by atoms with Crippen LogP contribution < -0.4 is 10.5 Å². The Kier molecular flexibility index (Phi) is 7.09. The maximum absolute atomic E-state index is 13.5. The molecule has 1 amide bonds. The maximum atomic E-state index is 13.5. The van der Waals surface area contributed by atoms with Crippen LogP contribution in [0.15, 0.2) is 82.7 Å². The van der Waals surface area contributed by atoms with Crippen molar-refractivity contribution in [1.29, 1.82) is 5.26 Å². The van der Waals surface area contributed by atoms with Crippen molar-refractivity contribution in [1.82, 2.24) is 9.55 Å². The topological polar surface area (TPSA) is 79.0 Å². The zero-order valence-electron chi connectivity index (χ0n) is 19.1. The highest BCUT2D eigenvalue weighted by molar-refractivity contribution is 7.99. The Hall–Kier alpha value is -3.89. The van der Waals surface area contributed by atoms with E-state index < -0.39 is 0 Å². The summed E-state index contributed by atoms with van der Waals surface area (Å²) in [6, 6.07) is 24.6. The molecule has 0 aliphatic rings. The summed E-state index contributed by atoms with van der Waals surface area (Å²) in [5.74, 6) is -0.0727. The van der Waals surface area contributed by atoms with Crippen LogP contribution in [0.1, 0.15) is 17.5 Å². The highest BCUT2D eigenvalue weighted by Crippen LogP contribution is 2.24. The van der Waals surface area contributed by atoms with E-state index in [2.05, 4.69) is 6.07 Å². The molecule has 0 saturated heterocycles. The largest absolute Gasteiger partial charge is 0.311 e. The van der Waals surface area contributed by atoms with Gasteiger partial charge in [-0.05, 0) is 61.4 Å². The smallest absolute Gasteiger partial charge is 0.266 e. The van der Waals surface area contributed by atoms with E-state index in [1.807, 2.05) is 74.5 Å². The van der Waals surface area contributed by atoms with Gasteiger partial charge in [0.15, 0.2) is 5.16 Å². The van der Waals surface area contributed by atoms with Crippen LogP contribution in [0.4, 0.5) is 5.69 Å². The van der Waals surface area contributed by atoms with E-state index in [9.17, 15) is 9.59 Å². The van der Waals surface area contributed by atoms with E-state index in [4.69, 9.17) is 10.2 Å². The second-order valence-corrected chi connectivity index (χ2v) is 8.92. The SMILES string of the molecule is Cc1cc(C)cc(-n2c(SCC(=O)N(CCC#N)c3ccccc3)nc3ccccc3c2=O)c1. The zero-order chi connectivity index (χ0) is 24.1. The number of para-hydroxylation sites is 2. The number of carbonyl (C=O) groups excluding carboxylic acids is 1. The van der Waals surface area contributed by atoms with Crippen molar-refractivity contribution in [3.8, 4) is 11.8 Å². The van der Waals surface area contributed by atoms with Gasteiger partial charge in [0, 0.05) is 12.2 Å². The van der Waals surface area contributed by atoms with Gasteiger partial charge < -0.3 is 4.90 Å². The Morgan fingerprint density at radius 3 is 2.41 bits per heavy atom. The number of thioether (sulfide) groups is 1. The number of fused-ring (bicyclic) bond motifs is 1. The van der Waals surface area contributed by atoms with Gasteiger partial charge >= 0.3 is 0 Å². The first kappa shape index (κ1) is 23.3. The van der Waals surface area contributed by atoms with Crippen LogP contribution in [0, 0.1) is 25.2 Å². The van der Waals surface area contributed by atoms with Gasteiger partial charge in [0.1, 0.15) is 0 Å². The van der Waals surface area contributed by atoms with Gasteiger partial charge in [0.25, 0.3) is 5.56 Å². The highest BCUT2D eigenvalue weighted by atomic mass is 32.2. The van der Waals surface area contributed by atoms with Crippen molar-refractivity contribution >= 4 is 34.3 Å². The molecule has 34 heavy (non-hydrogen) atoms. The fourth-order valence-electron chi connectivity index (χ4n) is 3.89. The quantitative estimate of drug-likeness (QED) is 0.280. The third-order valence-electron chi connectivity index (χ3n) is 5.35. The summed E-state index contributed by atoms with van der Waals surface area (Å²) in [6.45, 7) is 4.27. The first-order valence-corrected chi connectivity index (χ1v) is 11.9. The van der Waals surface area contributed by atoms with Gasteiger partial charge in [-0.15, -0.1) is 0 Å². The molecule has 170 valence electrons. The van der Waals surface area contributed by atoms with Crippen molar-refractivity contribution in [3.05, 3.63) is 94.3 Å². The molecule has 0 atom stereocenters. The molecule has 0 N–H and O–H groups in total. The molecule has 0 bridgehead atoms. The Bertz CT molecular complexity index is 1420. The number of hydrogen-bond acceptors (Lipinski definition) is 5. The van der Waals surface area contributed by atoms with Crippen LogP contribution in [-0.2, 0) is 4.79 Å².